The van der Waals surface area contributed by atoms with Crippen LogP contribution >= 0.6 is 18.5 Å². The quantitative estimate of drug-likeness (QED) is 0.166. The van der Waals surface area contributed by atoms with Gasteiger partial charge in [-0.25, -0.2) is 4.98 Å². The number of hydrogen-bond donors (Lipinski definition) is 0. The average molecular weight is 664 g/mol. The summed E-state index contributed by atoms with van der Waals surface area (Å²) in [5.74, 6) is 0. The van der Waals surface area contributed by atoms with Crippen LogP contribution < -0.4 is 15.9 Å². The molecule has 0 aliphatic heterocycles. The Hall–Kier alpha value is -5.60. The highest BCUT2D eigenvalue weighted by Crippen LogP contribution is 2.44. The summed E-state index contributed by atoms with van der Waals surface area (Å²) in [6, 6.07) is 62.4. The molecule has 0 unspecified atom stereocenters. The van der Waals surface area contributed by atoms with Crippen LogP contribution in [0.2, 0.25) is 0 Å². The lowest BCUT2D eigenvalue weighted by atomic mass is 9.97. The number of pyridine rings is 1. The minimum Gasteiger partial charge on any atom is -0.309 e. The van der Waals surface area contributed by atoms with Gasteiger partial charge in [-0.2, -0.15) is 0 Å². The van der Waals surface area contributed by atoms with Crippen molar-refractivity contribution in [2.24, 2.45) is 0 Å². The number of nitrogens with zero attached hydrogens (tertiary/aromatic N) is 1. The summed E-state index contributed by atoms with van der Waals surface area (Å²) in [5, 5.41) is 6.22. The van der Waals surface area contributed by atoms with Gasteiger partial charge in [0.15, 0.2) is 7.14 Å². The van der Waals surface area contributed by atoms with E-state index in [-0.39, 0.29) is 0 Å². The van der Waals surface area contributed by atoms with Crippen molar-refractivity contribution in [3.63, 3.8) is 0 Å². The van der Waals surface area contributed by atoms with Crippen molar-refractivity contribution in [1.82, 2.24) is 4.98 Å². The van der Waals surface area contributed by atoms with E-state index in [9.17, 15) is 4.57 Å². The molecule has 7 aromatic carbocycles. The minimum atomic E-state index is -3.01. The van der Waals surface area contributed by atoms with Crippen LogP contribution in [0.1, 0.15) is 0 Å². The molecule has 0 fully saturated rings. The molecule has 2 nitrogen and oxygen atoms in total. The van der Waals surface area contributed by atoms with Crippen molar-refractivity contribution in [1.29, 1.82) is 0 Å². The van der Waals surface area contributed by atoms with Crippen LogP contribution in [0.25, 0.3) is 64.6 Å². The Bertz CT molecular complexity index is 2610. The smallest absolute Gasteiger partial charge is 0.171 e. The van der Waals surface area contributed by atoms with Gasteiger partial charge in [0.25, 0.3) is 0 Å². The van der Waals surface area contributed by atoms with Crippen LogP contribution in [-0.4, -0.2) is 4.98 Å². The Labute approximate surface area is 289 Å². The molecule has 49 heavy (non-hydrogen) atoms. The molecule has 232 valence electrons. The van der Waals surface area contributed by atoms with Crippen molar-refractivity contribution in [3.8, 4) is 33.5 Å². The summed E-state index contributed by atoms with van der Waals surface area (Å²) in [7, 11) is -3.01. The molecule has 0 bridgehead atoms. The molecule has 0 saturated heterocycles. The Kier molecular flexibility index (Phi) is 7.31. The molecule has 4 heteroatoms. The van der Waals surface area contributed by atoms with E-state index in [4.69, 9.17) is 4.98 Å². The van der Waals surface area contributed by atoms with Crippen LogP contribution in [0.3, 0.4) is 0 Å². The lowest BCUT2D eigenvalue weighted by molar-refractivity contribution is 0.592. The molecule has 2 aromatic heterocycles. The number of benzene rings is 7. The summed E-state index contributed by atoms with van der Waals surface area (Å²) in [6.07, 6.45) is 0. The van der Waals surface area contributed by atoms with Crippen molar-refractivity contribution in [3.05, 3.63) is 182 Å². The molecule has 0 saturated carbocycles. The van der Waals surface area contributed by atoms with Gasteiger partial charge in [0.1, 0.15) is 0 Å². The predicted octanol–water partition coefficient (Wildman–Crippen LogP) is 11.2. The summed E-state index contributed by atoms with van der Waals surface area (Å²) in [4.78, 5) is 5.21. The van der Waals surface area contributed by atoms with Crippen molar-refractivity contribution in [2.75, 3.05) is 0 Å². The van der Waals surface area contributed by atoms with Crippen LogP contribution in [-0.2, 0) is 4.57 Å². The van der Waals surface area contributed by atoms with Gasteiger partial charge in [-0.1, -0.05) is 164 Å². The molecule has 0 N–H and O–H groups in total. The average Bonchev–Trinajstić information content (AvgIpc) is 3.58. The van der Waals surface area contributed by atoms with Gasteiger partial charge in [-0.05, 0) is 40.5 Å². The fraction of sp³-hybridized carbons (Fsp3) is 0. The summed E-state index contributed by atoms with van der Waals surface area (Å²) < 4.78 is 17.3. The fourth-order valence-electron chi connectivity index (χ4n) is 6.90. The standard InChI is InChI=1S/C45H30NOPS/c47-48(36-14-6-2-7-15-36,37-16-8-3-9-17-37)38-27-24-32(25-28-38)31-20-22-33(23-21-31)35-26-29-41-40(30-35)43-39-18-10-11-19-42(39)49-45(43)44(46-41)34-12-4-1-5-13-34/h1-30H. The normalized spacial score (nSPS) is 11.8. The number of thiophene rings is 1. The fourth-order valence-corrected chi connectivity index (χ4v) is 10.8. The Balaban J connectivity index is 1.09. The number of hydrogen-bond acceptors (Lipinski definition) is 3. The van der Waals surface area contributed by atoms with Gasteiger partial charge < -0.3 is 4.57 Å². The van der Waals surface area contributed by atoms with Gasteiger partial charge in [-0.3, -0.25) is 0 Å². The first-order valence-electron chi connectivity index (χ1n) is 16.4. The summed E-state index contributed by atoms with van der Waals surface area (Å²) in [5.41, 5.74) is 7.69. The summed E-state index contributed by atoms with van der Waals surface area (Å²) >= 11 is 1.82. The van der Waals surface area contributed by atoms with Crippen LogP contribution in [0.4, 0.5) is 0 Å². The van der Waals surface area contributed by atoms with E-state index in [2.05, 4.69) is 109 Å². The van der Waals surface area contributed by atoms with Gasteiger partial charge in [0.2, 0.25) is 0 Å². The van der Waals surface area contributed by atoms with Crippen molar-refractivity contribution >= 4 is 65.5 Å². The van der Waals surface area contributed by atoms with Gasteiger partial charge in [0.05, 0.1) is 15.9 Å². The van der Waals surface area contributed by atoms with Gasteiger partial charge >= 0.3 is 0 Å². The summed E-state index contributed by atoms with van der Waals surface area (Å²) in [6.45, 7) is 0. The maximum Gasteiger partial charge on any atom is 0.171 e. The first kappa shape index (κ1) is 29.5. The molecule has 9 aromatic rings. The third-order valence-corrected chi connectivity index (χ3v) is 13.6. The lowest BCUT2D eigenvalue weighted by Gasteiger charge is -2.20. The zero-order chi connectivity index (χ0) is 32.8. The van der Waals surface area contributed by atoms with E-state index in [0.29, 0.717) is 0 Å². The molecule has 0 aliphatic carbocycles. The Morgan fingerprint density at radius 3 is 1.55 bits per heavy atom. The molecular formula is C45H30NOPS. The van der Waals surface area contributed by atoms with Gasteiger partial charge in [0, 0.05) is 42.3 Å². The minimum absolute atomic E-state index is 0.831. The monoisotopic (exact) mass is 663 g/mol. The topological polar surface area (TPSA) is 30.0 Å². The maximum absolute atomic E-state index is 14.8. The number of fused-ring (bicyclic) bond motifs is 5. The van der Waals surface area contributed by atoms with Crippen LogP contribution in [0, 0.1) is 0 Å². The highest BCUT2D eigenvalue weighted by Gasteiger charge is 2.29. The second-order valence-corrected chi connectivity index (χ2v) is 16.1. The van der Waals surface area contributed by atoms with Crippen LogP contribution in [0.5, 0.6) is 0 Å². The molecule has 0 spiro atoms. The largest absolute Gasteiger partial charge is 0.309 e. The van der Waals surface area contributed by atoms with E-state index in [1.54, 1.807) is 0 Å². The number of rotatable bonds is 6. The number of aromatic nitrogens is 1. The predicted molar refractivity (Wildman–Crippen MR) is 210 cm³/mol. The van der Waals surface area contributed by atoms with Crippen LogP contribution in [0.15, 0.2) is 182 Å². The second-order valence-electron chi connectivity index (χ2n) is 12.3. The first-order chi connectivity index (χ1) is 24.2. The Morgan fingerprint density at radius 2 is 0.918 bits per heavy atom. The molecule has 0 atom stereocenters. The van der Waals surface area contributed by atoms with E-state index < -0.39 is 7.14 Å². The van der Waals surface area contributed by atoms with Crippen molar-refractivity contribution < 1.29 is 4.57 Å². The molecule has 0 radical (unpaired) electrons. The highest BCUT2D eigenvalue weighted by molar-refractivity contribution is 7.85. The zero-order valence-corrected chi connectivity index (χ0v) is 28.2. The molecule has 9 rings (SSSR count). The molecule has 0 aliphatic rings. The first-order valence-corrected chi connectivity index (χ1v) is 18.9. The van der Waals surface area contributed by atoms with E-state index in [1.807, 2.05) is 84.1 Å². The third-order valence-electron chi connectivity index (χ3n) is 9.38. The molecular weight excluding hydrogens is 634 g/mol. The SMILES string of the molecule is O=P(c1ccccc1)(c1ccccc1)c1ccc(-c2ccc(-c3ccc4nc(-c5ccccc5)c5sc6ccccc6c5c4c3)cc2)cc1. The van der Waals surface area contributed by atoms with Gasteiger partial charge in [-0.15, -0.1) is 11.3 Å². The second kappa shape index (κ2) is 12.1. The highest BCUT2D eigenvalue weighted by atomic mass is 32.1. The lowest BCUT2D eigenvalue weighted by Crippen LogP contribution is -2.24. The van der Waals surface area contributed by atoms with E-state index >= 15 is 0 Å². The zero-order valence-electron chi connectivity index (χ0n) is 26.5. The van der Waals surface area contributed by atoms with E-state index in [1.165, 1.54) is 25.6 Å². The van der Waals surface area contributed by atoms with E-state index in [0.717, 1.165) is 54.9 Å². The molecule has 2 heterocycles. The third kappa shape index (κ3) is 5.11. The Morgan fingerprint density at radius 1 is 0.429 bits per heavy atom. The van der Waals surface area contributed by atoms with Crippen molar-refractivity contribution in [2.45, 2.75) is 0 Å². The maximum atomic E-state index is 14.8. The molecule has 0 amide bonds.